The second-order valence-electron chi connectivity index (χ2n) is 6.46. The molecule has 0 radical (unpaired) electrons. The van der Waals surface area contributed by atoms with Gasteiger partial charge >= 0.3 is 0 Å². The average molecular weight is 370 g/mol. The van der Waals surface area contributed by atoms with E-state index in [9.17, 15) is 14.7 Å². The van der Waals surface area contributed by atoms with E-state index in [1.165, 1.54) is 12.1 Å². The predicted octanol–water partition coefficient (Wildman–Crippen LogP) is 3.88. The third-order valence-electron chi connectivity index (χ3n) is 4.68. The number of carbonyl (C=O) groups is 1. The first-order chi connectivity index (χ1) is 13.6. The number of aryl methyl sites for hydroxylation is 1. The van der Waals surface area contributed by atoms with Gasteiger partial charge in [0, 0.05) is 17.5 Å². The van der Waals surface area contributed by atoms with Crippen molar-refractivity contribution in [2.24, 2.45) is 0 Å². The number of nitrogens with zero attached hydrogens (tertiary/aromatic N) is 2. The third-order valence-corrected chi connectivity index (χ3v) is 4.68. The molecule has 0 aliphatic rings. The third kappa shape index (κ3) is 3.07. The number of fused-ring (bicyclic) bond motifs is 1. The maximum Gasteiger partial charge on any atom is 0.265 e. The number of phenols is 1. The number of hydrogen-bond donors (Lipinski definition) is 1. The number of para-hydroxylation sites is 1. The van der Waals surface area contributed by atoms with Crippen LogP contribution < -0.4 is 5.56 Å². The molecule has 0 saturated carbocycles. The van der Waals surface area contributed by atoms with Gasteiger partial charge in [0.1, 0.15) is 11.6 Å². The maximum absolute atomic E-state index is 13.0. The minimum atomic E-state index is -0.147. The Morgan fingerprint density at radius 2 is 1.54 bits per heavy atom. The molecule has 28 heavy (non-hydrogen) atoms. The van der Waals surface area contributed by atoms with Gasteiger partial charge in [0.05, 0.1) is 16.6 Å². The number of phenolic OH excluding ortho intramolecular Hbond substituents is 1. The van der Waals surface area contributed by atoms with E-state index in [0.717, 1.165) is 0 Å². The van der Waals surface area contributed by atoms with Crippen LogP contribution >= 0.6 is 0 Å². The van der Waals surface area contributed by atoms with Crippen LogP contribution in [0.5, 0.6) is 5.75 Å². The topological polar surface area (TPSA) is 72.2 Å². The Hall–Kier alpha value is -3.73. The highest BCUT2D eigenvalue weighted by molar-refractivity contribution is 6.09. The molecule has 5 nitrogen and oxygen atoms in total. The molecule has 0 fully saturated rings. The molecule has 5 heteroatoms. The van der Waals surface area contributed by atoms with Gasteiger partial charge in [0.25, 0.3) is 5.56 Å². The fourth-order valence-corrected chi connectivity index (χ4v) is 3.22. The molecule has 1 N–H and O–H groups in total. The zero-order chi connectivity index (χ0) is 19.7. The SMILES string of the molecule is CCc1nc2ccccc2c(=O)n1-c1ccc(C(=O)c2ccc(O)cc2)cc1. The van der Waals surface area contributed by atoms with Crippen molar-refractivity contribution in [3.8, 4) is 11.4 Å². The van der Waals surface area contributed by atoms with Crippen LogP contribution in [0.4, 0.5) is 0 Å². The van der Waals surface area contributed by atoms with E-state index in [2.05, 4.69) is 4.98 Å². The zero-order valence-corrected chi connectivity index (χ0v) is 15.3. The van der Waals surface area contributed by atoms with Crippen LogP contribution in [0.25, 0.3) is 16.6 Å². The highest BCUT2D eigenvalue weighted by atomic mass is 16.3. The summed E-state index contributed by atoms with van der Waals surface area (Å²) in [5.41, 5.74) is 2.22. The number of rotatable bonds is 4. The first-order valence-electron chi connectivity index (χ1n) is 9.03. The van der Waals surface area contributed by atoms with Gasteiger partial charge in [-0.25, -0.2) is 4.98 Å². The van der Waals surface area contributed by atoms with E-state index >= 15 is 0 Å². The second kappa shape index (κ2) is 7.12. The molecule has 0 unspecified atom stereocenters. The molecule has 1 aromatic heterocycles. The lowest BCUT2D eigenvalue weighted by Gasteiger charge is -2.13. The van der Waals surface area contributed by atoms with Crippen LogP contribution in [0.15, 0.2) is 77.6 Å². The first-order valence-corrected chi connectivity index (χ1v) is 9.03. The Bertz CT molecular complexity index is 1220. The Morgan fingerprint density at radius 3 is 2.18 bits per heavy atom. The molecule has 0 atom stereocenters. The number of hydrogen-bond acceptors (Lipinski definition) is 4. The number of aromatic hydroxyl groups is 1. The fraction of sp³-hybridized carbons (Fsp3) is 0.0870. The lowest BCUT2D eigenvalue weighted by atomic mass is 10.0. The van der Waals surface area contributed by atoms with Crippen molar-refractivity contribution in [1.82, 2.24) is 9.55 Å². The van der Waals surface area contributed by atoms with Crippen molar-refractivity contribution in [3.63, 3.8) is 0 Å². The van der Waals surface area contributed by atoms with Crippen LogP contribution in [-0.2, 0) is 6.42 Å². The summed E-state index contributed by atoms with van der Waals surface area (Å²) in [4.78, 5) is 30.2. The molecular weight excluding hydrogens is 352 g/mol. The van der Waals surface area contributed by atoms with Crippen LogP contribution in [-0.4, -0.2) is 20.4 Å². The van der Waals surface area contributed by atoms with Gasteiger partial charge in [-0.15, -0.1) is 0 Å². The summed E-state index contributed by atoms with van der Waals surface area (Å²) >= 11 is 0. The molecule has 3 aromatic carbocycles. The van der Waals surface area contributed by atoms with Gasteiger partial charge in [0.15, 0.2) is 5.78 Å². The summed E-state index contributed by atoms with van der Waals surface area (Å²) in [5.74, 6) is 0.634. The van der Waals surface area contributed by atoms with Crippen molar-refractivity contribution < 1.29 is 9.90 Å². The Morgan fingerprint density at radius 1 is 0.929 bits per heavy atom. The summed E-state index contributed by atoms with van der Waals surface area (Å²) in [5, 5.41) is 9.93. The van der Waals surface area contributed by atoms with E-state index in [4.69, 9.17) is 0 Å². The van der Waals surface area contributed by atoms with E-state index in [-0.39, 0.29) is 17.1 Å². The molecule has 0 amide bonds. The fourth-order valence-electron chi connectivity index (χ4n) is 3.22. The van der Waals surface area contributed by atoms with Crippen LogP contribution in [0.1, 0.15) is 28.7 Å². The predicted molar refractivity (Wildman–Crippen MR) is 108 cm³/mol. The number of ketones is 1. The monoisotopic (exact) mass is 370 g/mol. The normalized spacial score (nSPS) is 10.9. The van der Waals surface area contributed by atoms with E-state index in [1.807, 2.05) is 25.1 Å². The molecular formula is C23H18N2O3. The van der Waals surface area contributed by atoms with Gasteiger partial charge in [-0.1, -0.05) is 19.1 Å². The molecule has 0 aliphatic carbocycles. The molecule has 0 bridgehead atoms. The van der Waals surface area contributed by atoms with Gasteiger partial charge in [-0.3, -0.25) is 14.2 Å². The van der Waals surface area contributed by atoms with Gasteiger partial charge in [-0.2, -0.15) is 0 Å². The smallest absolute Gasteiger partial charge is 0.265 e. The largest absolute Gasteiger partial charge is 0.508 e. The minimum absolute atomic E-state index is 0.113. The number of benzene rings is 3. The number of aromatic nitrogens is 2. The summed E-state index contributed by atoms with van der Waals surface area (Å²) in [6.45, 7) is 1.95. The molecule has 0 saturated heterocycles. The molecule has 0 aliphatic heterocycles. The number of carbonyl (C=O) groups excluding carboxylic acids is 1. The van der Waals surface area contributed by atoms with Crippen molar-refractivity contribution in [2.45, 2.75) is 13.3 Å². The molecule has 4 rings (SSSR count). The summed E-state index contributed by atoms with van der Waals surface area (Å²) < 4.78 is 1.59. The van der Waals surface area contributed by atoms with Crippen molar-refractivity contribution in [1.29, 1.82) is 0 Å². The van der Waals surface area contributed by atoms with Crippen LogP contribution in [0, 0.1) is 0 Å². The Kier molecular flexibility index (Phi) is 4.49. The maximum atomic E-state index is 13.0. The van der Waals surface area contributed by atoms with Crippen molar-refractivity contribution >= 4 is 16.7 Å². The average Bonchev–Trinajstić information content (AvgIpc) is 2.74. The lowest BCUT2D eigenvalue weighted by molar-refractivity contribution is 0.103. The highest BCUT2D eigenvalue weighted by Crippen LogP contribution is 2.17. The Labute approximate surface area is 161 Å². The van der Waals surface area contributed by atoms with E-state index in [0.29, 0.717) is 40.0 Å². The van der Waals surface area contributed by atoms with E-state index in [1.54, 1.807) is 47.0 Å². The lowest BCUT2D eigenvalue weighted by Crippen LogP contribution is -2.23. The van der Waals surface area contributed by atoms with Crippen LogP contribution in [0.2, 0.25) is 0 Å². The minimum Gasteiger partial charge on any atom is -0.508 e. The van der Waals surface area contributed by atoms with Crippen LogP contribution in [0.3, 0.4) is 0 Å². The summed E-state index contributed by atoms with van der Waals surface area (Å²) in [6, 6.07) is 20.3. The molecule has 1 heterocycles. The standard InChI is InChI=1S/C23H18N2O3/c1-2-21-24-20-6-4-3-5-19(20)23(28)25(21)17-11-7-15(8-12-17)22(27)16-9-13-18(26)14-10-16/h3-14,26H,2H2,1H3. The quantitative estimate of drug-likeness (QED) is 0.553. The first kappa shape index (κ1) is 17.7. The second-order valence-corrected chi connectivity index (χ2v) is 6.46. The molecule has 0 spiro atoms. The van der Waals surface area contributed by atoms with Crippen molar-refractivity contribution in [2.75, 3.05) is 0 Å². The molecule has 4 aromatic rings. The summed E-state index contributed by atoms with van der Waals surface area (Å²) in [6.07, 6.45) is 0.605. The Balaban J connectivity index is 1.77. The zero-order valence-electron chi connectivity index (χ0n) is 15.3. The summed E-state index contributed by atoms with van der Waals surface area (Å²) in [7, 11) is 0. The molecule has 138 valence electrons. The highest BCUT2D eigenvalue weighted by Gasteiger charge is 2.13. The van der Waals surface area contributed by atoms with Gasteiger partial charge in [-0.05, 0) is 60.7 Å². The van der Waals surface area contributed by atoms with Gasteiger partial charge < -0.3 is 5.11 Å². The van der Waals surface area contributed by atoms with Crippen molar-refractivity contribution in [3.05, 3.63) is 100 Å². The van der Waals surface area contributed by atoms with E-state index < -0.39 is 0 Å². The van der Waals surface area contributed by atoms with Gasteiger partial charge in [0.2, 0.25) is 0 Å².